The summed E-state index contributed by atoms with van der Waals surface area (Å²) in [4.78, 5) is 24.4. The van der Waals surface area contributed by atoms with Crippen molar-refractivity contribution in [2.75, 3.05) is 5.75 Å². The summed E-state index contributed by atoms with van der Waals surface area (Å²) in [5, 5.41) is 1.77. The van der Waals surface area contributed by atoms with Crippen molar-refractivity contribution in [1.82, 2.24) is 15.0 Å². The highest BCUT2D eigenvalue weighted by atomic mass is 32.2. The maximum absolute atomic E-state index is 12.2. The molecule has 4 nitrogen and oxygen atoms in total. The van der Waals surface area contributed by atoms with Crippen LogP contribution in [-0.2, 0) is 0 Å². The van der Waals surface area contributed by atoms with Crippen molar-refractivity contribution in [3.8, 4) is 0 Å². The molecule has 1 N–H and O–H groups in total. The van der Waals surface area contributed by atoms with Gasteiger partial charge < -0.3 is 4.98 Å². The highest BCUT2D eigenvalue weighted by Gasteiger charge is 2.10. The van der Waals surface area contributed by atoms with Crippen LogP contribution in [0.15, 0.2) is 66.0 Å². The van der Waals surface area contributed by atoms with Gasteiger partial charge in [0.2, 0.25) is 0 Å². The number of hydrogen-bond acceptors (Lipinski definition) is 4. The van der Waals surface area contributed by atoms with Gasteiger partial charge in [-0.1, -0.05) is 42.1 Å². The number of carbonyl (C=O) groups is 1. The van der Waals surface area contributed by atoms with Crippen molar-refractivity contribution < 1.29 is 4.79 Å². The molecule has 0 saturated carbocycles. The smallest absolute Gasteiger partial charge is 0.173 e. The van der Waals surface area contributed by atoms with Gasteiger partial charge in [-0.15, -0.1) is 0 Å². The molecule has 0 aliphatic rings. The van der Waals surface area contributed by atoms with Crippen LogP contribution in [0.25, 0.3) is 21.9 Å². The standard InChI is InChI=1S/C18H13N3OS/c22-16(12-5-2-1-3-6-12)11-23-18-20-15-9-8-14-13(17(15)21-18)7-4-10-19-14/h1-10H,11H2,(H,20,21). The van der Waals surface area contributed by atoms with E-state index in [9.17, 15) is 4.79 Å². The predicted octanol–water partition coefficient (Wildman–Crippen LogP) is 4.09. The molecule has 2 heterocycles. The Morgan fingerprint density at radius 2 is 1.91 bits per heavy atom. The lowest BCUT2D eigenvalue weighted by Crippen LogP contribution is -2.01. The molecule has 112 valence electrons. The predicted molar refractivity (Wildman–Crippen MR) is 92.9 cm³/mol. The molecule has 2 aromatic heterocycles. The Bertz CT molecular complexity index is 995. The van der Waals surface area contributed by atoms with Gasteiger partial charge in [-0.05, 0) is 24.3 Å². The number of nitrogens with one attached hydrogen (secondary N) is 1. The molecule has 0 unspecified atom stereocenters. The van der Waals surface area contributed by atoms with E-state index in [0.717, 1.165) is 32.7 Å². The Morgan fingerprint density at radius 3 is 2.78 bits per heavy atom. The number of aromatic nitrogens is 3. The van der Waals surface area contributed by atoms with Crippen molar-refractivity contribution in [3.63, 3.8) is 0 Å². The molecule has 0 saturated heterocycles. The van der Waals surface area contributed by atoms with E-state index in [4.69, 9.17) is 0 Å². The molecule has 0 aliphatic heterocycles. The third-order valence-corrected chi connectivity index (χ3v) is 4.52. The molecule has 4 aromatic rings. The van der Waals surface area contributed by atoms with Gasteiger partial charge >= 0.3 is 0 Å². The van der Waals surface area contributed by atoms with Crippen LogP contribution in [0, 0.1) is 0 Å². The third-order valence-electron chi connectivity index (χ3n) is 3.65. The lowest BCUT2D eigenvalue weighted by Gasteiger charge is -1.98. The van der Waals surface area contributed by atoms with Crippen molar-refractivity contribution in [2.45, 2.75) is 5.16 Å². The molecule has 5 heteroatoms. The largest absolute Gasteiger partial charge is 0.333 e. The summed E-state index contributed by atoms with van der Waals surface area (Å²) in [6, 6.07) is 17.2. The maximum atomic E-state index is 12.2. The van der Waals surface area contributed by atoms with Crippen LogP contribution in [0.3, 0.4) is 0 Å². The number of imidazole rings is 1. The first-order valence-corrected chi connectivity index (χ1v) is 8.24. The summed E-state index contributed by atoms with van der Waals surface area (Å²) < 4.78 is 0. The summed E-state index contributed by atoms with van der Waals surface area (Å²) >= 11 is 1.42. The Morgan fingerprint density at radius 1 is 1.04 bits per heavy atom. The Labute approximate surface area is 137 Å². The zero-order chi connectivity index (χ0) is 15.6. The molecule has 0 aliphatic carbocycles. The summed E-state index contributed by atoms with van der Waals surface area (Å²) in [6.45, 7) is 0. The van der Waals surface area contributed by atoms with Crippen LogP contribution >= 0.6 is 11.8 Å². The Kier molecular flexibility index (Phi) is 3.55. The van der Waals surface area contributed by atoms with Crippen LogP contribution in [0.4, 0.5) is 0 Å². The van der Waals surface area contributed by atoms with Crippen molar-refractivity contribution in [2.24, 2.45) is 0 Å². The summed E-state index contributed by atoms with van der Waals surface area (Å²) in [5.41, 5.74) is 3.50. The second-order valence-electron chi connectivity index (χ2n) is 5.15. The average Bonchev–Trinajstić information content (AvgIpc) is 3.04. The van der Waals surface area contributed by atoms with Crippen molar-refractivity contribution in [1.29, 1.82) is 0 Å². The normalized spacial score (nSPS) is 11.1. The van der Waals surface area contributed by atoms with Crippen molar-refractivity contribution in [3.05, 3.63) is 66.4 Å². The van der Waals surface area contributed by atoms with Gasteiger partial charge in [0.05, 0.1) is 22.3 Å². The number of aromatic amines is 1. The quantitative estimate of drug-likeness (QED) is 0.455. The lowest BCUT2D eigenvalue weighted by atomic mass is 10.2. The molecule has 0 atom stereocenters. The molecule has 0 spiro atoms. The van der Waals surface area contributed by atoms with Gasteiger partial charge in [-0.3, -0.25) is 9.78 Å². The average molecular weight is 319 g/mol. The second-order valence-corrected chi connectivity index (χ2v) is 6.12. The van der Waals surface area contributed by atoms with E-state index in [-0.39, 0.29) is 5.78 Å². The molecular formula is C18H13N3OS. The number of carbonyl (C=O) groups excluding carboxylic acids is 1. The fraction of sp³-hybridized carbons (Fsp3) is 0.0556. The number of Topliss-reactive ketones (excluding diaryl/α,β-unsaturated/α-hetero) is 1. The number of hydrogen-bond donors (Lipinski definition) is 1. The van der Waals surface area contributed by atoms with E-state index in [1.54, 1.807) is 6.20 Å². The van der Waals surface area contributed by atoms with Gasteiger partial charge in [0.25, 0.3) is 0 Å². The van der Waals surface area contributed by atoms with Crippen molar-refractivity contribution >= 4 is 39.5 Å². The summed E-state index contributed by atoms with van der Waals surface area (Å²) in [7, 11) is 0. The van der Waals surface area contributed by atoms with Crippen LogP contribution < -0.4 is 0 Å². The Hall–Kier alpha value is -2.66. The molecule has 0 fully saturated rings. The minimum Gasteiger partial charge on any atom is -0.333 e. The first kappa shape index (κ1) is 14.0. The number of rotatable bonds is 4. The molecule has 0 amide bonds. The van der Waals surface area contributed by atoms with Crippen LogP contribution in [0.1, 0.15) is 10.4 Å². The minimum absolute atomic E-state index is 0.0996. The molecule has 0 bridgehead atoms. The zero-order valence-electron chi connectivity index (χ0n) is 12.2. The van der Waals surface area contributed by atoms with Gasteiger partial charge in [0, 0.05) is 17.1 Å². The number of thioether (sulfide) groups is 1. The van der Waals surface area contributed by atoms with E-state index in [1.807, 2.05) is 54.6 Å². The molecule has 4 rings (SSSR count). The first-order chi connectivity index (χ1) is 11.3. The van der Waals surface area contributed by atoms with Crippen LogP contribution in [0.5, 0.6) is 0 Å². The fourth-order valence-corrected chi connectivity index (χ4v) is 3.28. The van der Waals surface area contributed by atoms with Gasteiger partial charge in [-0.25, -0.2) is 4.98 Å². The third kappa shape index (κ3) is 2.71. The van der Waals surface area contributed by atoms with Crippen LogP contribution in [-0.4, -0.2) is 26.5 Å². The van der Waals surface area contributed by atoms with E-state index in [1.165, 1.54) is 11.8 Å². The minimum atomic E-state index is 0.0996. The lowest BCUT2D eigenvalue weighted by molar-refractivity contribution is 0.102. The number of H-pyrrole nitrogens is 1. The zero-order valence-corrected chi connectivity index (χ0v) is 13.0. The van der Waals surface area contributed by atoms with E-state index in [2.05, 4.69) is 15.0 Å². The molecule has 23 heavy (non-hydrogen) atoms. The van der Waals surface area contributed by atoms with E-state index in [0.29, 0.717) is 5.75 Å². The van der Waals surface area contributed by atoms with Gasteiger partial charge in [-0.2, -0.15) is 0 Å². The maximum Gasteiger partial charge on any atom is 0.173 e. The monoisotopic (exact) mass is 319 g/mol. The van der Waals surface area contributed by atoms with Gasteiger partial charge in [0.15, 0.2) is 10.9 Å². The van der Waals surface area contributed by atoms with Crippen LogP contribution in [0.2, 0.25) is 0 Å². The van der Waals surface area contributed by atoms with E-state index >= 15 is 0 Å². The number of ketones is 1. The van der Waals surface area contributed by atoms with Gasteiger partial charge in [0.1, 0.15) is 0 Å². The number of fused-ring (bicyclic) bond motifs is 3. The second kappa shape index (κ2) is 5.85. The summed E-state index contributed by atoms with van der Waals surface area (Å²) in [5.74, 6) is 0.461. The number of nitrogens with zero attached hydrogens (tertiary/aromatic N) is 2. The first-order valence-electron chi connectivity index (χ1n) is 7.26. The number of pyridine rings is 1. The molecule has 2 aromatic carbocycles. The highest BCUT2D eigenvalue weighted by molar-refractivity contribution is 7.99. The summed E-state index contributed by atoms with van der Waals surface area (Å²) in [6.07, 6.45) is 1.77. The SMILES string of the molecule is O=C(CSc1nc2c(ccc3ncccc32)[nH]1)c1ccccc1. The highest BCUT2D eigenvalue weighted by Crippen LogP contribution is 2.25. The fourth-order valence-electron chi connectivity index (χ4n) is 2.51. The van der Waals surface area contributed by atoms with E-state index < -0.39 is 0 Å². The molecule has 0 radical (unpaired) electrons. The molecular weight excluding hydrogens is 306 g/mol. The topological polar surface area (TPSA) is 58.6 Å². The Balaban J connectivity index is 1.60. The number of benzene rings is 2.